The zero-order valence-corrected chi connectivity index (χ0v) is 10.4. The Hall–Kier alpha value is -0.0900. The number of thiazole rings is 1. The molecule has 3 rings (SSSR count). The summed E-state index contributed by atoms with van der Waals surface area (Å²) in [5.41, 5.74) is 0.679. The lowest BCUT2D eigenvalue weighted by Gasteiger charge is -2.37. The molecule has 0 amide bonds. The first-order valence-corrected chi connectivity index (χ1v) is 6.81. The predicted molar refractivity (Wildman–Crippen MR) is 62.9 cm³/mol. The summed E-state index contributed by atoms with van der Waals surface area (Å²) in [5, 5.41) is 3.27. The summed E-state index contributed by atoms with van der Waals surface area (Å²) >= 11 is 5.16. The Morgan fingerprint density at radius 2 is 2.29 bits per heavy atom. The molecule has 2 nitrogen and oxygen atoms in total. The molecule has 2 aliphatic rings. The van der Waals surface area contributed by atoms with Crippen LogP contribution in [-0.2, 0) is 0 Å². The quantitative estimate of drug-likeness (QED) is 0.780. The average molecular weight is 273 g/mol. The molecule has 76 valence electrons. The van der Waals surface area contributed by atoms with E-state index in [2.05, 4.69) is 31.2 Å². The zero-order chi connectivity index (χ0) is 9.60. The van der Waals surface area contributed by atoms with Crippen LogP contribution in [0.25, 0.3) is 0 Å². The van der Waals surface area contributed by atoms with E-state index in [1.807, 2.05) is 0 Å². The molecule has 1 spiro atoms. The topological polar surface area (TPSA) is 16.1 Å². The van der Waals surface area contributed by atoms with Gasteiger partial charge in [0.2, 0.25) is 0 Å². The van der Waals surface area contributed by atoms with Crippen molar-refractivity contribution < 1.29 is 0 Å². The van der Waals surface area contributed by atoms with Gasteiger partial charge in [0.15, 0.2) is 5.13 Å². The van der Waals surface area contributed by atoms with E-state index in [4.69, 9.17) is 0 Å². The summed E-state index contributed by atoms with van der Waals surface area (Å²) in [7, 11) is 0. The third-order valence-corrected chi connectivity index (χ3v) is 5.20. The van der Waals surface area contributed by atoms with Gasteiger partial charge < -0.3 is 4.90 Å². The van der Waals surface area contributed by atoms with Crippen LogP contribution in [0.4, 0.5) is 5.13 Å². The van der Waals surface area contributed by atoms with Crippen LogP contribution >= 0.6 is 27.3 Å². The van der Waals surface area contributed by atoms with Crippen LogP contribution in [0.5, 0.6) is 0 Å². The van der Waals surface area contributed by atoms with Gasteiger partial charge in [-0.15, -0.1) is 11.3 Å². The van der Waals surface area contributed by atoms with Crippen molar-refractivity contribution in [2.75, 3.05) is 18.0 Å². The Morgan fingerprint density at radius 3 is 2.79 bits per heavy atom. The summed E-state index contributed by atoms with van der Waals surface area (Å²) in [5.74, 6) is 0. The van der Waals surface area contributed by atoms with Crippen molar-refractivity contribution in [2.45, 2.75) is 25.7 Å². The number of hydrogen-bond donors (Lipinski definition) is 0. The van der Waals surface area contributed by atoms with E-state index >= 15 is 0 Å². The SMILES string of the molecule is Brc1csc(N2CCC3(CCC3)C2)n1. The molecular weight excluding hydrogens is 260 g/mol. The number of nitrogens with zero attached hydrogens (tertiary/aromatic N) is 2. The maximum absolute atomic E-state index is 4.48. The smallest absolute Gasteiger partial charge is 0.186 e. The molecule has 0 atom stereocenters. The minimum atomic E-state index is 0.679. The van der Waals surface area contributed by atoms with Crippen LogP contribution in [0.15, 0.2) is 9.98 Å². The Labute approximate surface area is 96.5 Å². The maximum Gasteiger partial charge on any atom is 0.186 e. The van der Waals surface area contributed by atoms with Gasteiger partial charge in [-0.1, -0.05) is 6.42 Å². The fourth-order valence-electron chi connectivity index (χ4n) is 2.57. The molecule has 2 heterocycles. The molecule has 0 aromatic carbocycles. The number of anilines is 1. The van der Waals surface area contributed by atoms with Crippen molar-refractivity contribution in [3.63, 3.8) is 0 Å². The van der Waals surface area contributed by atoms with E-state index in [0.29, 0.717) is 5.41 Å². The largest absolute Gasteiger partial charge is 0.347 e. The molecule has 1 saturated carbocycles. The molecule has 0 N–H and O–H groups in total. The first-order valence-electron chi connectivity index (χ1n) is 5.13. The second-order valence-electron chi connectivity index (χ2n) is 4.48. The minimum absolute atomic E-state index is 0.679. The minimum Gasteiger partial charge on any atom is -0.347 e. The first-order chi connectivity index (χ1) is 6.77. The highest BCUT2D eigenvalue weighted by atomic mass is 79.9. The fraction of sp³-hybridized carbons (Fsp3) is 0.700. The average Bonchev–Trinajstić information content (AvgIpc) is 2.67. The molecule has 14 heavy (non-hydrogen) atoms. The van der Waals surface area contributed by atoms with Crippen molar-refractivity contribution >= 4 is 32.4 Å². The summed E-state index contributed by atoms with van der Waals surface area (Å²) in [4.78, 5) is 6.93. The van der Waals surface area contributed by atoms with E-state index < -0.39 is 0 Å². The van der Waals surface area contributed by atoms with Gasteiger partial charge in [0.25, 0.3) is 0 Å². The molecule has 2 fully saturated rings. The predicted octanol–water partition coefficient (Wildman–Crippen LogP) is 3.29. The van der Waals surface area contributed by atoms with E-state index in [0.717, 1.165) is 4.60 Å². The molecule has 0 bridgehead atoms. The highest BCUT2D eigenvalue weighted by molar-refractivity contribution is 9.10. The molecular formula is C10H13BrN2S. The van der Waals surface area contributed by atoms with Gasteiger partial charge in [0, 0.05) is 18.5 Å². The normalized spacial score (nSPS) is 24.2. The van der Waals surface area contributed by atoms with Crippen LogP contribution in [0.2, 0.25) is 0 Å². The van der Waals surface area contributed by atoms with Crippen LogP contribution < -0.4 is 4.90 Å². The lowest BCUT2D eigenvalue weighted by Crippen LogP contribution is -2.33. The van der Waals surface area contributed by atoms with Gasteiger partial charge in [0.1, 0.15) is 4.60 Å². The van der Waals surface area contributed by atoms with Gasteiger partial charge in [-0.05, 0) is 40.6 Å². The fourth-order valence-corrected chi connectivity index (χ4v) is 3.85. The van der Waals surface area contributed by atoms with E-state index in [9.17, 15) is 0 Å². The number of hydrogen-bond acceptors (Lipinski definition) is 3. The summed E-state index contributed by atoms with van der Waals surface area (Å²) in [6, 6.07) is 0. The van der Waals surface area contributed by atoms with Crippen LogP contribution in [0.1, 0.15) is 25.7 Å². The number of aromatic nitrogens is 1. The Bertz CT molecular complexity index is 346. The molecule has 0 radical (unpaired) electrons. The third-order valence-electron chi connectivity index (χ3n) is 3.59. The highest BCUT2D eigenvalue weighted by Crippen LogP contribution is 2.49. The Morgan fingerprint density at radius 1 is 1.43 bits per heavy atom. The van der Waals surface area contributed by atoms with Gasteiger partial charge >= 0.3 is 0 Å². The number of halogens is 1. The zero-order valence-electron chi connectivity index (χ0n) is 8.00. The van der Waals surface area contributed by atoms with E-state index in [-0.39, 0.29) is 0 Å². The van der Waals surface area contributed by atoms with Crippen molar-refractivity contribution in [3.8, 4) is 0 Å². The van der Waals surface area contributed by atoms with Crippen LogP contribution in [-0.4, -0.2) is 18.1 Å². The molecule has 4 heteroatoms. The van der Waals surface area contributed by atoms with E-state index in [1.165, 1.54) is 43.9 Å². The molecule has 0 unspecified atom stereocenters. The molecule has 1 aliphatic carbocycles. The van der Waals surface area contributed by atoms with E-state index in [1.54, 1.807) is 11.3 Å². The lowest BCUT2D eigenvalue weighted by molar-refractivity contribution is 0.165. The van der Waals surface area contributed by atoms with Crippen LogP contribution in [0.3, 0.4) is 0 Å². The standard InChI is InChI=1S/C10H13BrN2S/c11-8-6-14-9(12-8)13-5-4-10(7-13)2-1-3-10/h6H,1-5,7H2. The summed E-state index contributed by atoms with van der Waals surface area (Å²) in [6.45, 7) is 2.45. The lowest BCUT2D eigenvalue weighted by atomic mass is 9.68. The van der Waals surface area contributed by atoms with Crippen molar-refractivity contribution in [3.05, 3.63) is 9.98 Å². The van der Waals surface area contributed by atoms with Gasteiger partial charge in [0.05, 0.1) is 0 Å². The molecule has 1 aromatic rings. The number of rotatable bonds is 1. The first kappa shape index (κ1) is 9.16. The summed E-state index contributed by atoms with van der Waals surface area (Å²) in [6.07, 6.45) is 5.70. The third kappa shape index (κ3) is 1.39. The second kappa shape index (κ2) is 3.20. The van der Waals surface area contributed by atoms with Crippen LogP contribution in [0, 0.1) is 5.41 Å². The Balaban J connectivity index is 1.76. The summed E-state index contributed by atoms with van der Waals surface area (Å²) < 4.78 is 0.979. The monoisotopic (exact) mass is 272 g/mol. The molecule has 1 saturated heterocycles. The van der Waals surface area contributed by atoms with Crippen molar-refractivity contribution in [2.24, 2.45) is 5.41 Å². The maximum atomic E-state index is 4.48. The van der Waals surface area contributed by atoms with Crippen molar-refractivity contribution in [1.82, 2.24) is 4.98 Å². The second-order valence-corrected chi connectivity index (χ2v) is 6.13. The Kier molecular flexibility index (Phi) is 2.10. The molecule has 1 aromatic heterocycles. The van der Waals surface area contributed by atoms with Gasteiger partial charge in [-0.25, -0.2) is 4.98 Å². The van der Waals surface area contributed by atoms with Gasteiger partial charge in [-0.3, -0.25) is 0 Å². The van der Waals surface area contributed by atoms with Crippen molar-refractivity contribution in [1.29, 1.82) is 0 Å². The highest BCUT2D eigenvalue weighted by Gasteiger charge is 2.43. The van der Waals surface area contributed by atoms with Gasteiger partial charge in [-0.2, -0.15) is 0 Å². The molecule has 1 aliphatic heterocycles.